The zero-order valence-electron chi connectivity index (χ0n) is 14.0. The van der Waals surface area contributed by atoms with Crippen LogP contribution in [0.3, 0.4) is 0 Å². The second-order valence-corrected chi connectivity index (χ2v) is 7.72. The molecule has 2 nitrogen and oxygen atoms in total. The predicted octanol–water partition coefficient (Wildman–Crippen LogP) is 5.38. The van der Waals surface area contributed by atoms with Crippen molar-refractivity contribution in [1.29, 1.82) is 0 Å². The van der Waals surface area contributed by atoms with E-state index in [9.17, 15) is 0 Å². The van der Waals surface area contributed by atoms with E-state index in [1.54, 1.807) is 11.9 Å². The van der Waals surface area contributed by atoms with Gasteiger partial charge in [0.25, 0.3) is 0 Å². The smallest absolute Gasteiger partial charge is 0.0528 e. The lowest BCUT2D eigenvalue weighted by Gasteiger charge is -2.15. The third kappa shape index (κ3) is 3.80. The van der Waals surface area contributed by atoms with Gasteiger partial charge in [-0.05, 0) is 41.1 Å². The van der Waals surface area contributed by atoms with Gasteiger partial charge in [-0.15, -0.1) is 0 Å². The van der Waals surface area contributed by atoms with Gasteiger partial charge >= 0.3 is 0 Å². The maximum absolute atomic E-state index is 3.46. The Kier molecular flexibility index (Phi) is 5.09. The SMILES string of the molecule is CC(C)SNCC(C)c1ccc(-n2ccc3ccccc32)cc1. The van der Waals surface area contributed by atoms with Crippen LogP contribution in [0.2, 0.25) is 0 Å². The number of para-hydroxylation sites is 1. The zero-order valence-corrected chi connectivity index (χ0v) is 14.8. The van der Waals surface area contributed by atoms with E-state index in [4.69, 9.17) is 0 Å². The Morgan fingerprint density at radius 1 is 0.957 bits per heavy atom. The van der Waals surface area contributed by atoms with Crippen LogP contribution in [-0.4, -0.2) is 16.4 Å². The van der Waals surface area contributed by atoms with Crippen LogP contribution in [0, 0.1) is 0 Å². The van der Waals surface area contributed by atoms with Crippen LogP contribution in [0.25, 0.3) is 16.6 Å². The largest absolute Gasteiger partial charge is 0.317 e. The van der Waals surface area contributed by atoms with E-state index in [0.29, 0.717) is 11.2 Å². The molecule has 0 saturated heterocycles. The number of aromatic nitrogens is 1. The van der Waals surface area contributed by atoms with Gasteiger partial charge in [-0.2, -0.15) is 0 Å². The molecule has 1 unspecified atom stereocenters. The van der Waals surface area contributed by atoms with Gasteiger partial charge in [0.2, 0.25) is 0 Å². The van der Waals surface area contributed by atoms with Gasteiger partial charge in [0.15, 0.2) is 0 Å². The molecule has 120 valence electrons. The maximum Gasteiger partial charge on any atom is 0.0528 e. The first-order valence-electron chi connectivity index (χ1n) is 8.20. The first-order valence-corrected chi connectivity index (χ1v) is 9.08. The highest BCUT2D eigenvalue weighted by Gasteiger charge is 2.07. The summed E-state index contributed by atoms with van der Waals surface area (Å²) in [5.41, 5.74) is 3.84. The summed E-state index contributed by atoms with van der Waals surface area (Å²) in [6.07, 6.45) is 2.14. The Morgan fingerprint density at radius 3 is 2.43 bits per heavy atom. The molecule has 3 rings (SSSR count). The zero-order chi connectivity index (χ0) is 16.2. The van der Waals surface area contributed by atoms with Crippen molar-refractivity contribution in [2.24, 2.45) is 0 Å². The highest BCUT2D eigenvalue weighted by atomic mass is 32.2. The highest BCUT2D eigenvalue weighted by Crippen LogP contribution is 2.22. The van der Waals surface area contributed by atoms with Gasteiger partial charge < -0.3 is 4.57 Å². The summed E-state index contributed by atoms with van der Waals surface area (Å²) in [6, 6.07) is 19.6. The minimum Gasteiger partial charge on any atom is -0.317 e. The fraction of sp³-hybridized carbons (Fsp3) is 0.300. The number of benzene rings is 2. The van der Waals surface area contributed by atoms with Crippen molar-refractivity contribution in [2.45, 2.75) is 31.9 Å². The molecule has 0 spiro atoms. The molecular formula is C20H24N2S. The van der Waals surface area contributed by atoms with E-state index in [1.165, 1.54) is 22.2 Å². The van der Waals surface area contributed by atoms with Crippen molar-refractivity contribution < 1.29 is 0 Å². The highest BCUT2D eigenvalue weighted by molar-refractivity contribution is 7.97. The van der Waals surface area contributed by atoms with Gasteiger partial charge in [0.1, 0.15) is 0 Å². The Balaban J connectivity index is 1.74. The van der Waals surface area contributed by atoms with Crippen molar-refractivity contribution >= 4 is 22.9 Å². The summed E-state index contributed by atoms with van der Waals surface area (Å²) in [6.45, 7) is 7.68. The minimum absolute atomic E-state index is 0.511. The number of rotatable bonds is 6. The van der Waals surface area contributed by atoms with Crippen molar-refractivity contribution in [2.75, 3.05) is 6.54 Å². The molecular weight excluding hydrogens is 300 g/mol. The Labute approximate surface area is 143 Å². The molecule has 0 aliphatic rings. The normalized spacial score (nSPS) is 12.9. The lowest BCUT2D eigenvalue weighted by Crippen LogP contribution is -2.15. The van der Waals surface area contributed by atoms with Crippen LogP contribution in [0.15, 0.2) is 60.8 Å². The molecule has 1 aromatic heterocycles. The molecule has 1 N–H and O–H groups in total. The first kappa shape index (κ1) is 16.2. The molecule has 3 aromatic rings. The summed E-state index contributed by atoms with van der Waals surface area (Å²) in [5.74, 6) is 0.511. The Morgan fingerprint density at radius 2 is 1.70 bits per heavy atom. The Hall–Kier alpha value is -1.71. The molecule has 0 aliphatic carbocycles. The molecule has 3 heteroatoms. The van der Waals surface area contributed by atoms with Crippen LogP contribution in [-0.2, 0) is 0 Å². The van der Waals surface area contributed by atoms with Crippen LogP contribution >= 0.6 is 11.9 Å². The predicted molar refractivity (Wildman–Crippen MR) is 102 cm³/mol. The van der Waals surface area contributed by atoms with Gasteiger partial charge in [-0.1, -0.05) is 63.1 Å². The standard InChI is InChI=1S/C20H24N2S/c1-15(2)23-21-14-16(3)17-8-10-19(11-9-17)22-13-12-18-6-4-5-7-20(18)22/h4-13,15-16,21H,14H2,1-3H3. The quantitative estimate of drug-likeness (QED) is 0.613. The fourth-order valence-electron chi connectivity index (χ4n) is 2.73. The van der Waals surface area contributed by atoms with E-state index in [-0.39, 0.29) is 0 Å². The van der Waals surface area contributed by atoms with Crippen molar-refractivity contribution in [3.8, 4) is 5.69 Å². The monoisotopic (exact) mass is 324 g/mol. The van der Waals surface area contributed by atoms with E-state index < -0.39 is 0 Å². The van der Waals surface area contributed by atoms with Crippen LogP contribution in [0.1, 0.15) is 32.3 Å². The van der Waals surface area contributed by atoms with Crippen LogP contribution in [0.4, 0.5) is 0 Å². The summed E-state index contributed by atoms with van der Waals surface area (Å²) < 4.78 is 5.71. The lowest BCUT2D eigenvalue weighted by molar-refractivity contribution is 0.739. The van der Waals surface area contributed by atoms with E-state index in [1.807, 2.05) is 0 Å². The van der Waals surface area contributed by atoms with E-state index in [0.717, 1.165) is 6.54 Å². The lowest BCUT2D eigenvalue weighted by atomic mass is 10.0. The second kappa shape index (κ2) is 7.24. The van der Waals surface area contributed by atoms with Gasteiger partial charge in [-0.3, -0.25) is 4.72 Å². The van der Waals surface area contributed by atoms with E-state index in [2.05, 4.69) is 90.9 Å². The summed E-state index contributed by atoms with van der Waals surface area (Å²) in [5, 5.41) is 1.89. The molecule has 0 radical (unpaired) electrons. The average Bonchev–Trinajstić information content (AvgIpc) is 2.98. The van der Waals surface area contributed by atoms with Crippen molar-refractivity contribution in [3.05, 3.63) is 66.4 Å². The summed E-state index contributed by atoms with van der Waals surface area (Å²) >= 11 is 1.80. The van der Waals surface area contributed by atoms with Gasteiger partial charge in [0, 0.05) is 23.7 Å². The molecule has 0 bridgehead atoms. The molecule has 0 fully saturated rings. The average molecular weight is 324 g/mol. The molecule has 0 saturated carbocycles. The number of nitrogens with one attached hydrogen (secondary N) is 1. The van der Waals surface area contributed by atoms with Gasteiger partial charge in [-0.25, -0.2) is 0 Å². The van der Waals surface area contributed by atoms with Gasteiger partial charge in [0.05, 0.1) is 5.52 Å². The topological polar surface area (TPSA) is 17.0 Å². The molecule has 0 aliphatic heterocycles. The molecule has 1 heterocycles. The molecule has 0 amide bonds. The fourth-order valence-corrected chi connectivity index (χ4v) is 3.41. The number of hydrogen-bond donors (Lipinski definition) is 1. The second-order valence-electron chi connectivity index (χ2n) is 6.25. The number of hydrogen-bond acceptors (Lipinski definition) is 2. The van der Waals surface area contributed by atoms with Crippen molar-refractivity contribution in [3.63, 3.8) is 0 Å². The first-order chi connectivity index (χ1) is 11.1. The molecule has 2 aromatic carbocycles. The number of fused-ring (bicyclic) bond motifs is 1. The van der Waals surface area contributed by atoms with Crippen LogP contribution in [0.5, 0.6) is 0 Å². The Bertz CT molecular complexity index is 759. The minimum atomic E-state index is 0.511. The molecule has 1 atom stereocenters. The van der Waals surface area contributed by atoms with E-state index >= 15 is 0 Å². The summed E-state index contributed by atoms with van der Waals surface area (Å²) in [4.78, 5) is 0. The third-order valence-electron chi connectivity index (χ3n) is 4.05. The van der Waals surface area contributed by atoms with Crippen molar-refractivity contribution in [1.82, 2.24) is 9.29 Å². The van der Waals surface area contributed by atoms with Crippen LogP contribution < -0.4 is 4.72 Å². The summed E-state index contributed by atoms with van der Waals surface area (Å²) in [7, 11) is 0. The number of nitrogens with zero attached hydrogens (tertiary/aromatic N) is 1. The molecule has 23 heavy (non-hydrogen) atoms. The maximum atomic E-state index is 3.46. The third-order valence-corrected chi connectivity index (χ3v) is 4.85.